The van der Waals surface area contributed by atoms with Crippen molar-refractivity contribution in [2.45, 2.75) is 52.4 Å². The largest absolute Gasteiger partial charge is 0.268 e. The van der Waals surface area contributed by atoms with Crippen LogP contribution in [0.1, 0.15) is 50.4 Å². The molecule has 0 spiro atoms. The third-order valence-electron chi connectivity index (χ3n) is 4.37. The van der Waals surface area contributed by atoms with Gasteiger partial charge in [0.25, 0.3) is 0 Å². The lowest BCUT2D eigenvalue weighted by Gasteiger charge is -2.18. The van der Waals surface area contributed by atoms with Crippen LogP contribution in [0, 0.1) is 5.92 Å². The van der Waals surface area contributed by atoms with Gasteiger partial charge in [0.15, 0.2) is 5.65 Å². The molecular weight excluding hydrogens is 280 g/mol. The summed E-state index contributed by atoms with van der Waals surface area (Å²) in [7, 11) is 0. The lowest BCUT2D eigenvalue weighted by Crippen LogP contribution is -2.16. The van der Waals surface area contributed by atoms with Gasteiger partial charge >= 0.3 is 0 Å². The average molecular weight is 300 g/mol. The van der Waals surface area contributed by atoms with Crippen LogP contribution < -0.4 is 0 Å². The normalized spacial score (nSPS) is 19.3. The van der Waals surface area contributed by atoms with Crippen LogP contribution >= 0.6 is 11.3 Å². The first-order valence-electron chi connectivity index (χ1n) is 7.59. The lowest BCUT2D eigenvalue weighted by atomic mass is 9.89. The maximum atomic E-state index is 4.69. The van der Waals surface area contributed by atoms with E-state index in [1.54, 1.807) is 0 Å². The van der Waals surface area contributed by atoms with E-state index in [-0.39, 0.29) is 5.41 Å². The molecule has 1 aliphatic rings. The molecule has 1 atom stereocenters. The first-order valence-corrected chi connectivity index (χ1v) is 8.41. The number of thiophene rings is 1. The Hall–Kier alpha value is -1.49. The molecule has 0 saturated carbocycles. The van der Waals surface area contributed by atoms with Crippen LogP contribution in [0.5, 0.6) is 0 Å². The minimum atomic E-state index is -0.0284. The maximum Gasteiger partial charge on any atom is 0.172 e. The summed E-state index contributed by atoms with van der Waals surface area (Å²) in [6.45, 7) is 8.83. The molecule has 0 N–H and O–H groups in total. The molecule has 4 rings (SSSR count). The van der Waals surface area contributed by atoms with Crippen molar-refractivity contribution < 1.29 is 0 Å². The van der Waals surface area contributed by atoms with E-state index in [9.17, 15) is 0 Å². The van der Waals surface area contributed by atoms with Crippen molar-refractivity contribution in [1.82, 2.24) is 19.6 Å². The Labute approximate surface area is 128 Å². The molecular formula is C16H20N4S. The zero-order valence-corrected chi connectivity index (χ0v) is 13.8. The van der Waals surface area contributed by atoms with Crippen LogP contribution in [0.3, 0.4) is 0 Å². The molecule has 110 valence electrons. The van der Waals surface area contributed by atoms with Gasteiger partial charge in [-0.15, -0.1) is 21.5 Å². The fourth-order valence-electron chi connectivity index (χ4n) is 3.25. The highest BCUT2D eigenvalue weighted by Gasteiger charge is 2.26. The van der Waals surface area contributed by atoms with Gasteiger partial charge in [-0.05, 0) is 30.7 Å². The van der Waals surface area contributed by atoms with Crippen LogP contribution in [0.4, 0.5) is 0 Å². The number of nitrogens with zero attached hydrogens (tertiary/aromatic N) is 4. The van der Waals surface area contributed by atoms with Crippen molar-refractivity contribution in [3.8, 4) is 0 Å². The molecule has 0 unspecified atom stereocenters. The van der Waals surface area contributed by atoms with Gasteiger partial charge in [-0.3, -0.25) is 4.40 Å². The second kappa shape index (κ2) is 4.26. The van der Waals surface area contributed by atoms with Gasteiger partial charge < -0.3 is 0 Å². The first-order chi connectivity index (χ1) is 9.95. The van der Waals surface area contributed by atoms with Crippen molar-refractivity contribution in [2.24, 2.45) is 5.92 Å². The number of rotatable bonds is 0. The van der Waals surface area contributed by atoms with Crippen LogP contribution in [-0.4, -0.2) is 19.6 Å². The molecule has 0 aromatic carbocycles. The van der Waals surface area contributed by atoms with E-state index in [2.05, 4.69) is 47.3 Å². The Kier molecular flexibility index (Phi) is 2.67. The summed E-state index contributed by atoms with van der Waals surface area (Å²) in [5, 5.41) is 10.2. The van der Waals surface area contributed by atoms with Gasteiger partial charge in [-0.2, -0.15) is 0 Å². The third-order valence-corrected chi connectivity index (χ3v) is 5.54. The van der Waals surface area contributed by atoms with E-state index < -0.39 is 0 Å². The molecule has 0 aliphatic heterocycles. The molecule has 21 heavy (non-hydrogen) atoms. The number of aryl methyl sites for hydroxylation is 1. The van der Waals surface area contributed by atoms with E-state index in [0.717, 1.165) is 28.6 Å². The van der Waals surface area contributed by atoms with Crippen LogP contribution in [0.2, 0.25) is 0 Å². The molecule has 0 amide bonds. The number of fused-ring (bicyclic) bond motifs is 5. The van der Waals surface area contributed by atoms with Gasteiger partial charge in [-0.25, -0.2) is 4.98 Å². The monoisotopic (exact) mass is 300 g/mol. The SMILES string of the molecule is C[C@H]1CCc2c(sc3ncn4c(C(C)(C)C)nnc4c23)C1. The van der Waals surface area contributed by atoms with Gasteiger partial charge in [0.05, 0.1) is 5.39 Å². The molecule has 0 saturated heterocycles. The Bertz CT molecular complexity index is 837. The smallest absolute Gasteiger partial charge is 0.172 e. The third kappa shape index (κ3) is 1.90. The molecule has 3 aromatic heterocycles. The highest BCUT2D eigenvalue weighted by atomic mass is 32.1. The molecule has 5 heteroatoms. The first kappa shape index (κ1) is 13.2. The van der Waals surface area contributed by atoms with Crippen LogP contribution in [0.25, 0.3) is 15.9 Å². The quantitative estimate of drug-likeness (QED) is 0.635. The fraction of sp³-hybridized carbons (Fsp3) is 0.562. The summed E-state index contributed by atoms with van der Waals surface area (Å²) in [6.07, 6.45) is 5.49. The Balaban J connectivity index is 2.04. The summed E-state index contributed by atoms with van der Waals surface area (Å²) in [4.78, 5) is 7.31. The van der Waals surface area contributed by atoms with Gasteiger partial charge in [0.2, 0.25) is 0 Å². The zero-order chi connectivity index (χ0) is 14.8. The molecule has 0 fully saturated rings. The second-order valence-electron chi connectivity index (χ2n) is 7.24. The number of hydrogen-bond donors (Lipinski definition) is 0. The Morgan fingerprint density at radius 2 is 2.10 bits per heavy atom. The molecule has 3 aromatic rings. The predicted octanol–water partition coefficient (Wildman–Crippen LogP) is 3.76. The van der Waals surface area contributed by atoms with Crippen molar-refractivity contribution >= 4 is 27.2 Å². The highest BCUT2D eigenvalue weighted by molar-refractivity contribution is 7.19. The standard InChI is InChI=1S/C16H20N4S/c1-9-5-6-10-11(7-9)21-14-12(10)13-18-19-15(16(2,3)4)20(13)8-17-14/h8-9H,5-7H2,1-4H3/t9-/m0/s1. The Morgan fingerprint density at radius 1 is 1.29 bits per heavy atom. The topological polar surface area (TPSA) is 43.1 Å². The molecule has 4 nitrogen and oxygen atoms in total. The summed E-state index contributed by atoms with van der Waals surface area (Å²) >= 11 is 1.84. The lowest BCUT2D eigenvalue weighted by molar-refractivity contribution is 0.509. The van der Waals surface area contributed by atoms with E-state index in [0.29, 0.717) is 0 Å². The van der Waals surface area contributed by atoms with Crippen LogP contribution in [0.15, 0.2) is 6.33 Å². The van der Waals surface area contributed by atoms with E-state index >= 15 is 0 Å². The summed E-state index contributed by atoms with van der Waals surface area (Å²) in [6, 6.07) is 0. The van der Waals surface area contributed by atoms with Crippen LogP contribution in [-0.2, 0) is 18.3 Å². The molecule has 1 aliphatic carbocycles. The maximum absolute atomic E-state index is 4.69. The summed E-state index contributed by atoms with van der Waals surface area (Å²) in [5.41, 5.74) is 2.43. The van der Waals surface area contributed by atoms with Gasteiger partial charge in [-0.1, -0.05) is 27.7 Å². The molecule has 0 radical (unpaired) electrons. The van der Waals surface area contributed by atoms with Crippen molar-refractivity contribution in [2.75, 3.05) is 0 Å². The Morgan fingerprint density at radius 3 is 2.86 bits per heavy atom. The summed E-state index contributed by atoms with van der Waals surface area (Å²) < 4.78 is 2.08. The van der Waals surface area contributed by atoms with Gasteiger partial charge in [0, 0.05) is 10.3 Å². The van der Waals surface area contributed by atoms with E-state index in [1.807, 2.05) is 17.7 Å². The number of aromatic nitrogens is 4. The highest BCUT2D eigenvalue weighted by Crippen LogP contribution is 2.39. The second-order valence-corrected chi connectivity index (χ2v) is 8.33. The minimum Gasteiger partial charge on any atom is -0.268 e. The van der Waals surface area contributed by atoms with Crippen molar-refractivity contribution in [3.05, 3.63) is 22.6 Å². The summed E-state index contributed by atoms with van der Waals surface area (Å²) in [5.74, 6) is 1.76. The molecule has 0 bridgehead atoms. The zero-order valence-electron chi connectivity index (χ0n) is 13.0. The molecule has 3 heterocycles. The van der Waals surface area contributed by atoms with Gasteiger partial charge in [0.1, 0.15) is 17.0 Å². The van der Waals surface area contributed by atoms with Crippen molar-refractivity contribution in [3.63, 3.8) is 0 Å². The van der Waals surface area contributed by atoms with E-state index in [1.165, 1.54) is 28.7 Å². The predicted molar refractivity (Wildman–Crippen MR) is 86.1 cm³/mol. The fourth-order valence-corrected chi connectivity index (χ4v) is 4.60. The van der Waals surface area contributed by atoms with Crippen molar-refractivity contribution in [1.29, 1.82) is 0 Å². The van der Waals surface area contributed by atoms with E-state index in [4.69, 9.17) is 0 Å². The minimum absolute atomic E-state index is 0.0284. The number of hydrogen-bond acceptors (Lipinski definition) is 4. The average Bonchev–Trinajstić information content (AvgIpc) is 2.96.